The van der Waals surface area contributed by atoms with E-state index in [4.69, 9.17) is 0 Å². The minimum absolute atomic E-state index is 0.780. The Labute approximate surface area is 69.1 Å². The van der Waals surface area contributed by atoms with Crippen molar-refractivity contribution in [1.29, 1.82) is 0 Å². The van der Waals surface area contributed by atoms with Gasteiger partial charge in [-0.2, -0.15) is 0 Å². The van der Waals surface area contributed by atoms with Crippen LogP contribution in [-0.4, -0.2) is 25.0 Å². The third-order valence-electron chi connectivity index (χ3n) is 3.11. The van der Waals surface area contributed by atoms with Crippen LogP contribution in [0, 0.1) is 5.92 Å². The van der Waals surface area contributed by atoms with Gasteiger partial charge in [-0.1, -0.05) is 11.6 Å². The highest BCUT2D eigenvalue weighted by Crippen LogP contribution is 2.39. The molecule has 1 heteroatoms. The molecule has 1 fully saturated rings. The van der Waals surface area contributed by atoms with Gasteiger partial charge in [-0.25, -0.2) is 0 Å². The van der Waals surface area contributed by atoms with Crippen molar-refractivity contribution in [3.8, 4) is 0 Å². The van der Waals surface area contributed by atoms with Gasteiger partial charge >= 0.3 is 0 Å². The second-order valence-corrected chi connectivity index (χ2v) is 4.14. The largest absolute Gasteiger partial charge is 0.303 e. The van der Waals surface area contributed by atoms with Gasteiger partial charge < -0.3 is 4.90 Å². The Morgan fingerprint density at radius 2 is 2.27 bits per heavy atom. The molecule has 2 rings (SSSR count). The highest BCUT2D eigenvalue weighted by Gasteiger charge is 2.32. The summed E-state index contributed by atoms with van der Waals surface area (Å²) in [5.74, 6) is 1.02. The molecular formula is C10H17N. The van der Waals surface area contributed by atoms with Crippen LogP contribution in [0.4, 0.5) is 0 Å². The number of fused-ring (bicyclic) bond motifs is 2. The van der Waals surface area contributed by atoms with E-state index in [1.165, 1.54) is 25.7 Å². The highest BCUT2D eigenvalue weighted by atomic mass is 15.1. The molecule has 1 nitrogen and oxygen atoms in total. The summed E-state index contributed by atoms with van der Waals surface area (Å²) < 4.78 is 0. The van der Waals surface area contributed by atoms with Crippen molar-refractivity contribution in [2.45, 2.75) is 31.7 Å². The molecule has 2 aliphatic rings. The lowest BCUT2D eigenvalue weighted by Gasteiger charge is -2.20. The molecule has 1 saturated carbocycles. The summed E-state index contributed by atoms with van der Waals surface area (Å²) in [6.07, 6.45) is 8.05. The Bertz CT molecular complexity index is 181. The molecule has 0 aromatic carbocycles. The monoisotopic (exact) mass is 151 g/mol. The third kappa shape index (κ3) is 1.22. The number of hydrogen-bond acceptors (Lipinski definition) is 1. The van der Waals surface area contributed by atoms with E-state index in [-0.39, 0.29) is 0 Å². The molecule has 0 aromatic heterocycles. The molecular weight excluding hydrogens is 134 g/mol. The summed E-state index contributed by atoms with van der Waals surface area (Å²) in [6, 6.07) is 0.780. The van der Waals surface area contributed by atoms with Gasteiger partial charge in [0.25, 0.3) is 0 Å². The molecule has 0 spiro atoms. The first-order valence-corrected chi connectivity index (χ1v) is 4.62. The number of rotatable bonds is 1. The quantitative estimate of drug-likeness (QED) is 0.518. The van der Waals surface area contributed by atoms with Crippen LogP contribution in [0.5, 0.6) is 0 Å². The first-order valence-electron chi connectivity index (χ1n) is 4.62. The van der Waals surface area contributed by atoms with E-state index < -0.39 is 0 Å². The van der Waals surface area contributed by atoms with E-state index >= 15 is 0 Å². The van der Waals surface area contributed by atoms with Gasteiger partial charge in [0.05, 0.1) is 0 Å². The van der Waals surface area contributed by atoms with Crippen molar-refractivity contribution in [3.63, 3.8) is 0 Å². The maximum Gasteiger partial charge on any atom is 0.0304 e. The maximum absolute atomic E-state index is 2.47. The van der Waals surface area contributed by atoms with E-state index in [2.05, 4.69) is 25.1 Å². The van der Waals surface area contributed by atoms with E-state index in [1.807, 2.05) is 0 Å². The van der Waals surface area contributed by atoms with Crippen LogP contribution in [0.3, 0.4) is 0 Å². The van der Waals surface area contributed by atoms with Gasteiger partial charge in [-0.05, 0) is 45.7 Å². The van der Waals surface area contributed by atoms with Gasteiger partial charge in [-0.3, -0.25) is 0 Å². The fourth-order valence-electron chi connectivity index (χ4n) is 2.51. The van der Waals surface area contributed by atoms with Gasteiger partial charge in [0.1, 0.15) is 0 Å². The number of allylic oxidation sites excluding steroid dienone is 1. The maximum atomic E-state index is 2.47. The molecule has 0 saturated heterocycles. The Balaban J connectivity index is 2.15. The van der Waals surface area contributed by atoms with Crippen molar-refractivity contribution in [2.75, 3.05) is 14.1 Å². The normalized spacial score (nSPS) is 36.1. The first-order chi connectivity index (χ1) is 5.27. The van der Waals surface area contributed by atoms with Crippen LogP contribution in [0.1, 0.15) is 25.7 Å². The second-order valence-electron chi connectivity index (χ2n) is 4.14. The second kappa shape index (κ2) is 2.63. The summed E-state index contributed by atoms with van der Waals surface area (Å²) in [7, 11) is 4.40. The van der Waals surface area contributed by atoms with Gasteiger partial charge in [0, 0.05) is 6.04 Å². The predicted octanol–water partition coefficient (Wildman–Crippen LogP) is 2.05. The van der Waals surface area contributed by atoms with E-state index in [0.717, 1.165) is 12.0 Å². The molecule has 2 bridgehead atoms. The van der Waals surface area contributed by atoms with E-state index in [1.54, 1.807) is 5.57 Å². The molecule has 0 aromatic rings. The topological polar surface area (TPSA) is 3.24 Å². The minimum Gasteiger partial charge on any atom is -0.303 e. The molecule has 2 atom stereocenters. The first kappa shape index (κ1) is 7.35. The van der Waals surface area contributed by atoms with Crippen LogP contribution < -0.4 is 0 Å². The zero-order chi connectivity index (χ0) is 7.84. The number of nitrogens with zero attached hydrogens (tertiary/aromatic N) is 1. The zero-order valence-corrected chi connectivity index (χ0v) is 7.51. The van der Waals surface area contributed by atoms with Crippen molar-refractivity contribution in [3.05, 3.63) is 11.6 Å². The fourth-order valence-corrected chi connectivity index (χ4v) is 2.51. The fraction of sp³-hybridized carbons (Fsp3) is 0.800. The van der Waals surface area contributed by atoms with Crippen LogP contribution in [0.15, 0.2) is 11.6 Å². The van der Waals surface area contributed by atoms with Crippen molar-refractivity contribution < 1.29 is 0 Å². The van der Waals surface area contributed by atoms with Crippen molar-refractivity contribution in [2.24, 2.45) is 5.92 Å². The third-order valence-corrected chi connectivity index (χ3v) is 3.11. The van der Waals surface area contributed by atoms with Crippen LogP contribution in [0.2, 0.25) is 0 Å². The van der Waals surface area contributed by atoms with Crippen molar-refractivity contribution in [1.82, 2.24) is 4.90 Å². The Hall–Kier alpha value is -0.300. The molecule has 2 aliphatic carbocycles. The summed E-state index contributed by atoms with van der Waals surface area (Å²) in [4.78, 5) is 2.37. The average Bonchev–Trinajstić information content (AvgIpc) is 2.27. The number of hydrogen-bond donors (Lipinski definition) is 0. The zero-order valence-electron chi connectivity index (χ0n) is 7.51. The lowest BCUT2D eigenvalue weighted by Crippen LogP contribution is -2.26. The minimum atomic E-state index is 0.780. The molecule has 62 valence electrons. The van der Waals surface area contributed by atoms with Crippen LogP contribution >= 0.6 is 0 Å². The van der Waals surface area contributed by atoms with Crippen LogP contribution in [0.25, 0.3) is 0 Å². The summed E-state index contributed by atoms with van der Waals surface area (Å²) in [5.41, 5.74) is 1.71. The van der Waals surface area contributed by atoms with Crippen LogP contribution in [-0.2, 0) is 0 Å². The standard InChI is InChI=1S/C10H17N/c1-11(2)10-7-8-4-3-5-9(10)6-8/h5,8,10H,3-4,6-7H2,1-2H3. The number of likely N-dealkylation sites (N-methyl/N-ethyl adjacent to an activating group) is 1. The molecule has 0 aliphatic heterocycles. The van der Waals surface area contributed by atoms with Crippen molar-refractivity contribution >= 4 is 0 Å². The lowest BCUT2D eigenvalue weighted by molar-refractivity contribution is 0.320. The van der Waals surface area contributed by atoms with E-state index in [0.29, 0.717) is 0 Å². The predicted molar refractivity (Wildman–Crippen MR) is 47.5 cm³/mol. The smallest absolute Gasteiger partial charge is 0.0304 e. The van der Waals surface area contributed by atoms with Gasteiger partial charge in [-0.15, -0.1) is 0 Å². The lowest BCUT2D eigenvalue weighted by atomic mass is 9.97. The molecule has 0 N–H and O–H groups in total. The highest BCUT2D eigenvalue weighted by molar-refractivity contribution is 5.20. The molecule has 0 amide bonds. The van der Waals surface area contributed by atoms with Gasteiger partial charge in [0.2, 0.25) is 0 Å². The summed E-state index contributed by atoms with van der Waals surface area (Å²) >= 11 is 0. The summed E-state index contributed by atoms with van der Waals surface area (Å²) in [6.45, 7) is 0. The molecule has 11 heavy (non-hydrogen) atoms. The molecule has 0 radical (unpaired) electrons. The van der Waals surface area contributed by atoms with E-state index in [9.17, 15) is 0 Å². The Morgan fingerprint density at radius 1 is 1.45 bits per heavy atom. The average molecular weight is 151 g/mol. The summed E-state index contributed by atoms with van der Waals surface area (Å²) in [5, 5.41) is 0. The Kier molecular flexibility index (Phi) is 1.76. The van der Waals surface area contributed by atoms with Gasteiger partial charge in [0.15, 0.2) is 0 Å². The molecule has 2 unspecified atom stereocenters. The Morgan fingerprint density at radius 3 is 2.91 bits per heavy atom. The molecule has 0 heterocycles. The SMILES string of the molecule is CN(C)C1CC2CCC=C1C2.